The molecule has 0 radical (unpaired) electrons. The molecular weight excluding hydrogens is 419 g/mol. The molecule has 3 aromatic heterocycles. The van der Waals surface area contributed by atoms with Gasteiger partial charge in [0, 0.05) is 17.8 Å². The number of rotatable bonds is 4. The Morgan fingerprint density at radius 2 is 2.09 bits per heavy atom. The number of nitrogens with zero attached hydrogens (tertiary/aromatic N) is 5. The lowest BCUT2D eigenvalue weighted by atomic mass is 9.88. The summed E-state index contributed by atoms with van der Waals surface area (Å²) in [6, 6.07) is 10.2. The smallest absolute Gasteiger partial charge is 0.197 e. The highest BCUT2D eigenvalue weighted by Gasteiger charge is 2.29. The average Bonchev–Trinajstić information content (AvgIpc) is 3.41. The number of benzene rings is 1. The van der Waals surface area contributed by atoms with Crippen molar-refractivity contribution >= 4 is 17.0 Å². The van der Waals surface area contributed by atoms with Crippen LogP contribution in [0.4, 0.5) is 10.2 Å². The van der Waals surface area contributed by atoms with Crippen LogP contribution in [0.15, 0.2) is 54.5 Å². The molecule has 166 valence electrons. The fourth-order valence-electron chi connectivity index (χ4n) is 4.94. The summed E-state index contributed by atoms with van der Waals surface area (Å²) < 4.78 is 15.4. The second kappa shape index (κ2) is 7.74. The van der Waals surface area contributed by atoms with Gasteiger partial charge in [0.1, 0.15) is 5.82 Å². The van der Waals surface area contributed by atoms with Gasteiger partial charge in [0.15, 0.2) is 17.3 Å². The van der Waals surface area contributed by atoms with E-state index in [0.717, 1.165) is 31.9 Å². The van der Waals surface area contributed by atoms with Crippen molar-refractivity contribution < 1.29 is 9.50 Å². The van der Waals surface area contributed by atoms with Crippen molar-refractivity contribution in [1.29, 1.82) is 0 Å². The van der Waals surface area contributed by atoms with Crippen LogP contribution in [0.3, 0.4) is 0 Å². The number of aliphatic hydroxyl groups excluding tert-OH is 1. The first-order chi connectivity index (χ1) is 16.1. The van der Waals surface area contributed by atoms with Gasteiger partial charge in [0.25, 0.3) is 0 Å². The fraction of sp³-hybridized carbons (Fsp3) is 0.280. The third-order valence-corrected chi connectivity index (χ3v) is 6.54. The predicted octanol–water partition coefficient (Wildman–Crippen LogP) is 4.35. The Kier molecular flexibility index (Phi) is 4.69. The first-order valence-corrected chi connectivity index (χ1v) is 11.2. The monoisotopic (exact) mass is 442 g/mol. The highest BCUT2D eigenvalue weighted by atomic mass is 19.1. The predicted molar refractivity (Wildman–Crippen MR) is 123 cm³/mol. The molecule has 0 saturated heterocycles. The molecule has 2 aliphatic rings. The Morgan fingerprint density at radius 1 is 1.21 bits per heavy atom. The van der Waals surface area contributed by atoms with E-state index in [1.54, 1.807) is 17.6 Å². The number of pyridine rings is 1. The zero-order valence-corrected chi connectivity index (χ0v) is 18.2. The van der Waals surface area contributed by atoms with Gasteiger partial charge in [-0.15, -0.1) is 5.10 Å². The number of allylic oxidation sites excluding steroid dienone is 1. The Labute approximate surface area is 190 Å². The summed E-state index contributed by atoms with van der Waals surface area (Å²) in [5.41, 5.74) is 7.26. The van der Waals surface area contributed by atoms with Gasteiger partial charge in [-0.2, -0.15) is 0 Å². The number of aliphatic hydroxyl groups is 1. The molecule has 0 amide bonds. The Balaban J connectivity index is 1.38. The molecule has 2 aliphatic carbocycles. The van der Waals surface area contributed by atoms with Crippen LogP contribution in [0.2, 0.25) is 0 Å². The second-order valence-corrected chi connectivity index (χ2v) is 8.77. The molecule has 1 aromatic carbocycles. The highest BCUT2D eigenvalue weighted by Crippen LogP contribution is 2.42. The summed E-state index contributed by atoms with van der Waals surface area (Å²) >= 11 is 0. The lowest BCUT2D eigenvalue weighted by Gasteiger charge is -2.26. The maximum atomic E-state index is 13.8. The third-order valence-electron chi connectivity index (χ3n) is 6.54. The van der Waals surface area contributed by atoms with Crippen molar-refractivity contribution in [2.75, 3.05) is 5.32 Å². The standard InChI is InChI=1S/C25H23FN6O/c1-14(33)22-13-28-25-24(30-23(31-32(22)25)17-9-18(26)12-27-11-17)29-19-7-6-16-8-15-4-2-3-5-20(15)21(16)10-19/h2-5,9,11-14,19,33H,6-8,10H2,1H3,(H,29,30,31)/t14-,19-/m1/s1. The Hall–Kier alpha value is -3.65. The highest BCUT2D eigenvalue weighted by molar-refractivity contribution is 5.78. The lowest BCUT2D eigenvalue weighted by molar-refractivity contribution is 0.192. The molecule has 4 aromatic rings. The first kappa shape index (κ1) is 20.0. The molecule has 3 heterocycles. The molecule has 8 heteroatoms. The molecule has 33 heavy (non-hydrogen) atoms. The van der Waals surface area contributed by atoms with Crippen molar-refractivity contribution in [2.45, 2.75) is 44.8 Å². The number of nitrogens with one attached hydrogen (secondary N) is 1. The van der Waals surface area contributed by atoms with Crippen LogP contribution >= 0.6 is 0 Å². The molecular formula is C25H23FN6O. The second-order valence-electron chi connectivity index (χ2n) is 8.77. The SMILES string of the molecule is C[C@@H](O)c1cnc2c(N[C@@H]3CCC4=C(C3)c3ccccc3C4)nc(-c3cncc(F)c3)nn12. The van der Waals surface area contributed by atoms with E-state index in [4.69, 9.17) is 4.98 Å². The van der Waals surface area contributed by atoms with E-state index in [0.29, 0.717) is 28.5 Å². The van der Waals surface area contributed by atoms with Crippen LogP contribution in [0.1, 0.15) is 49.1 Å². The molecule has 0 unspecified atom stereocenters. The van der Waals surface area contributed by atoms with Crippen LogP contribution in [-0.4, -0.2) is 35.7 Å². The average molecular weight is 442 g/mol. The van der Waals surface area contributed by atoms with E-state index >= 15 is 0 Å². The summed E-state index contributed by atoms with van der Waals surface area (Å²) in [5, 5.41) is 18.3. The number of aromatic nitrogens is 5. The van der Waals surface area contributed by atoms with Gasteiger partial charge in [-0.25, -0.2) is 18.9 Å². The van der Waals surface area contributed by atoms with Gasteiger partial charge in [0.2, 0.25) is 0 Å². The minimum absolute atomic E-state index is 0.179. The zero-order valence-electron chi connectivity index (χ0n) is 18.2. The number of imidazole rings is 1. The fourth-order valence-corrected chi connectivity index (χ4v) is 4.94. The number of fused-ring (bicyclic) bond motifs is 3. The molecule has 0 fully saturated rings. The maximum absolute atomic E-state index is 13.8. The zero-order chi connectivity index (χ0) is 22.5. The van der Waals surface area contributed by atoms with E-state index < -0.39 is 11.9 Å². The van der Waals surface area contributed by atoms with Gasteiger partial charge in [-0.3, -0.25) is 4.98 Å². The van der Waals surface area contributed by atoms with Crippen LogP contribution in [0, 0.1) is 5.82 Å². The minimum Gasteiger partial charge on any atom is -0.387 e. The van der Waals surface area contributed by atoms with Gasteiger partial charge in [0.05, 0.1) is 24.2 Å². The van der Waals surface area contributed by atoms with Gasteiger partial charge in [-0.05, 0) is 55.4 Å². The van der Waals surface area contributed by atoms with E-state index in [9.17, 15) is 9.50 Å². The number of hydrogen-bond acceptors (Lipinski definition) is 6. The maximum Gasteiger partial charge on any atom is 0.197 e. The van der Waals surface area contributed by atoms with Crippen LogP contribution < -0.4 is 5.32 Å². The topological polar surface area (TPSA) is 88.2 Å². The molecule has 2 atom stereocenters. The minimum atomic E-state index is -0.765. The molecule has 0 spiro atoms. The molecule has 0 bridgehead atoms. The van der Waals surface area contributed by atoms with Crippen molar-refractivity contribution in [2.24, 2.45) is 0 Å². The van der Waals surface area contributed by atoms with E-state index in [2.05, 4.69) is 44.6 Å². The number of halogens is 1. The summed E-state index contributed by atoms with van der Waals surface area (Å²) in [6.07, 6.45) is 7.49. The summed E-state index contributed by atoms with van der Waals surface area (Å²) in [4.78, 5) is 13.1. The lowest BCUT2D eigenvalue weighted by Crippen LogP contribution is -2.24. The summed E-state index contributed by atoms with van der Waals surface area (Å²) in [6.45, 7) is 1.66. The molecule has 2 N–H and O–H groups in total. The first-order valence-electron chi connectivity index (χ1n) is 11.2. The number of anilines is 1. The van der Waals surface area contributed by atoms with Crippen LogP contribution in [0.25, 0.3) is 22.6 Å². The summed E-state index contributed by atoms with van der Waals surface area (Å²) in [7, 11) is 0. The number of hydrogen-bond donors (Lipinski definition) is 2. The van der Waals surface area contributed by atoms with E-state index in [-0.39, 0.29) is 6.04 Å². The molecule has 0 aliphatic heterocycles. The van der Waals surface area contributed by atoms with E-state index in [1.165, 1.54) is 34.5 Å². The van der Waals surface area contributed by atoms with Crippen LogP contribution in [0.5, 0.6) is 0 Å². The van der Waals surface area contributed by atoms with Crippen molar-refractivity contribution in [3.63, 3.8) is 0 Å². The van der Waals surface area contributed by atoms with Gasteiger partial charge >= 0.3 is 0 Å². The third kappa shape index (κ3) is 3.47. The van der Waals surface area contributed by atoms with Crippen LogP contribution in [-0.2, 0) is 6.42 Å². The molecule has 0 saturated carbocycles. The van der Waals surface area contributed by atoms with E-state index in [1.807, 2.05) is 0 Å². The van der Waals surface area contributed by atoms with Crippen molar-refractivity contribution in [3.05, 3.63) is 77.1 Å². The largest absolute Gasteiger partial charge is 0.387 e. The van der Waals surface area contributed by atoms with Crippen molar-refractivity contribution in [1.82, 2.24) is 24.6 Å². The quantitative estimate of drug-likeness (QED) is 0.489. The Morgan fingerprint density at radius 3 is 2.94 bits per heavy atom. The van der Waals surface area contributed by atoms with Gasteiger partial charge in [-0.1, -0.05) is 29.8 Å². The Bertz CT molecular complexity index is 1410. The molecule has 6 rings (SSSR count). The van der Waals surface area contributed by atoms with Crippen molar-refractivity contribution in [3.8, 4) is 11.4 Å². The normalized spacial score (nSPS) is 18.3. The molecule has 7 nitrogen and oxygen atoms in total. The summed E-state index contributed by atoms with van der Waals surface area (Å²) in [5.74, 6) is 0.425. The van der Waals surface area contributed by atoms with Gasteiger partial charge < -0.3 is 10.4 Å².